The average Bonchev–Trinajstić information content (AvgIpc) is 3.28. The lowest BCUT2D eigenvalue weighted by molar-refractivity contribution is -0.137. The van der Waals surface area contributed by atoms with Gasteiger partial charge < -0.3 is 20.7 Å². The first-order valence-corrected chi connectivity index (χ1v) is 10.7. The summed E-state index contributed by atoms with van der Waals surface area (Å²) in [6.45, 7) is -0.555. The molecule has 0 bridgehead atoms. The van der Waals surface area contributed by atoms with Crippen molar-refractivity contribution in [3.8, 4) is 34.0 Å². The first-order valence-electron chi connectivity index (χ1n) is 10.7. The molecule has 0 unspecified atom stereocenters. The number of nitrogens with two attached hydrogens (primary N) is 1. The zero-order valence-electron chi connectivity index (χ0n) is 18.9. The molecule has 2 aromatic heterocycles. The highest BCUT2D eigenvalue weighted by molar-refractivity contribution is 5.91. The Kier molecular flexibility index (Phi) is 6.77. The topological polar surface area (TPSA) is 123 Å². The maximum absolute atomic E-state index is 13.3. The van der Waals surface area contributed by atoms with Crippen molar-refractivity contribution in [2.75, 3.05) is 6.61 Å². The number of rotatable bonds is 7. The number of hydrogen-bond acceptors (Lipinski definition) is 6. The van der Waals surface area contributed by atoms with Crippen LogP contribution in [0.1, 0.15) is 27.7 Å². The predicted molar refractivity (Wildman–Crippen MR) is 124 cm³/mol. The fraction of sp³-hybridized carbons (Fsp3) is 0.160. The summed E-state index contributed by atoms with van der Waals surface area (Å²) in [4.78, 5) is 15.9. The zero-order valence-corrected chi connectivity index (χ0v) is 18.9. The fourth-order valence-corrected chi connectivity index (χ4v) is 3.58. The van der Waals surface area contributed by atoms with Gasteiger partial charge in [-0.15, -0.1) is 0 Å². The van der Waals surface area contributed by atoms with E-state index in [9.17, 15) is 28.2 Å². The van der Waals surface area contributed by atoms with Gasteiger partial charge in [0.1, 0.15) is 23.3 Å². The van der Waals surface area contributed by atoms with Gasteiger partial charge in [0, 0.05) is 24.4 Å². The second kappa shape index (κ2) is 9.80. The molecule has 4 rings (SSSR count). The van der Waals surface area contributed by atoms with Crippen molar-refractivity contribution in [2.24, 2.45) is 12.8 Å². The molecule has 0 saturated carbocycles. The van der Waals surface area contributed by atoms with E-state index in [0.29, 0.717) is 22.7 Å². The molecule has 1 atom stereocenters. The van der Waals surface area contributed by atoms with Crippen molar-refractivity contribution in [3.63, 3.8) is 0 Å². The number of aliphatic hydroxyl groups excluding tert-OH is 2. The summed E-state index contributed by atoms with van der Waals surface area (Å²) < 4.78 is 47.3. The molecule has 186 valence electrons. The third-order valence-electron chi connectivity index (χ3n) is 5.44. The lowest BCUT2D eigenvalue weighted by atomic mass is 10.0. The van der Waals surface area contributed by atoms with Gasteiger partial charge in [-0.1, -0.05) is 0 Å². The number of carbonyl (C=O) groups excluding carboxylic acids is 1. The van der Waals surface area contributed by atoms with Gasteiger partial charge in [0.2, 0.25) is 0 Å². The lowest BCUT2D eigenvalue weighted by Gasteiger charge is -2.15. The molecule has 11 heteroatoms. The van der Waals surface area contributed by atoms with Gasteiger partial charge >= 0.3 is 6.18 Å². The molecule has 0 aliphatic rings. The van der Waals surface area contributed by atoms with Crippen LogP contribution in [0.5, 0.6) is 11.5 Å². The molecular weight excluding hydrogens is 477 g/mol. The normalized spacial score (nSPS) is 12.4. The SMILES string of the molecule is Cn1nccc1-c1cc(C(F)(F)F)ccc1Oc1ccc(-c2cc([C@H](O)CO)cc(C(N)=O)n2)cc1. The number of benzene rings is 2. The van der Waals surface area contributed by atoms with Gasteiger partial charge in [0.05, 0.1) is 23.6 Å². The largest absolute Gasteiger partial charge is 0.457 e. The van der Waals surface area contributed by atoms with E-state index in [-0.39, 0.29) is 22.6 Å². The fourth-order valence-electron chi connectivity index (χ4n) is 3.58. The van der Waals surface area contributed by atoms with Crippen LogP contribution in [0, 0.1) is 0 Å². The van der Waals surface area contributed by atoms with Crippen LogP contribution in [0.4, 0.5) is 13.2 Å². The number of pyridine rings is 1. The molecule has 0 spiro atoms. The molecule has 0 aliphatic carbocycles. The Bertz CT molecular complexity index is 1400. The second-order valence-corrected chi connectivity index (χ2v) is 7.91. The molecule has 1 amide bonds. The number of primary amides is 1. The smallest absolute Gasteiger partial charge is 0.416 e. The molecular formula is C25H21F3N4O4. The Morgan fingerprint density at radius 1 is 1.11 bits per heavy atom. The second-order valence-electron chi connectivity index (χ2n) is 7.91. The lowest BCUT2D eigenvalue weighted by Crippen LogP contribution is -2.15. The van der Waals surface area contributed by atoms with Gasteiger partial charge in [0.25, 0.3) is 5.91 Å². The highest BCUT2D eigenvalue weighted by Gasteiger charge is 2.31. The number of ether oxygens (including phenoxy) is 1. The number of carbonyl (C=O) groups is 1. The van der Waals surface area contributed by atoms with E-state index < -0.39 is 30.4 Å². The maximum atomic E-state index is 13.3. The highest BCUT2D eigenvalue weighted by Crippen LogP contribution is 2.39. The van der Waals surface area contributed by atoms with Gasteiger partial charge in [0.15, 0.2) is 0 Å². The maximum Gasteiger partial charge on any atom is 0.416 e. The number of aromatic nitrogens is 3. The minimum Gasteiger partial charge on any atom is -0.457 e. The Morgan fingerprint density at radius 3 is 2.42 bits per heavy atom. The van der Waals surface area contributed by atoms with E-state index in [4.69, 9.17) is 10.5 Å². The third kappa shape index (κ3) is 5.21. The molecule has 4 N–H and O–H groups in total. The van der Waals surface area contributed by atoms with E-state index in [1.165, 1.54) is 29.1 Å². The van der Waals surface area contributed by atoms with Crippen molar-refractivity contribution in [1.82, 2.24) is 14.8 Å². The summed E-state index contributed by atoms with van der Waals surface area (Å²) in [5.74, 6) is -0.265. The first-order chi connectivity index (χ1) is 17.1. The van der Waals surface area contributed by atoms with E-state index in [1.807, 2.05) is 0 Å². The van der Waals surface area contributed by atoms with E-state index in [2.05, 4.69) is 10.1 Å². The van der Waals surface area contributed by atoms with Crippen molar-refractivity contribution >= 4 is 5.91 Å². The van der Waals surface area contributed by atoms with E-state index in [0.717, 1.165) is 12.1 Å². The number of nitrogens with zero attached hydrogens (tertiary/aromatic N) is 3. The molecule has 0 fully saturated rings. The summed E-state index contributed by atoms with van der Waals surface area (Å²) in [6, 6.07) is 14.0. The molecule has 4 aromatic rings. The molecule has 0 saturated heterocycles. The van der Waals surface area contributed by atoms with Crippen LogP contribution < -0.4 is 10.5 Å². The van der Waals surface area contributed by atoms with E-state index in [1.54, 1.807) is 37.4 Å². The van der Waals surface area contributed by atoms with Crippen molar-refractivity contribution in [1.29, 1.82) is 0 Å². The Morgan fingerprint density at radius 2 is 1.83 bits per heavy atom. The van der Waals surface area contributed by atoms with Crippen LogP contribution in [0.25, 0.3) is 22.5 Å². The molecule has 2 aromatic carbocycles. The summed E-state index contributed by atoms with van der Waals surface area (Å²) in [7, 11) is 1.61. The zero-order chi connectivity index (χ0) is 26.0. The van der Waals surface area contributed by atoms with Crippen molar-refractivity contribution < 1.29 is 32.9 Å². The van der Waals surface area contributed by atoms with Gasteiger partial charge in [-0.25, -0.2) is 4.98 Å². The molecule has 0 radical (unpaired) electrons. The van der Waals surface area contributed by atoms with Gasteiger partial charge in [-0.05, 0) is 66.2 Å². The third-order valence-corrected chi connectivity index (χ3v) is 5.44. The van der Waals surface area contributed by atoms with Crippen LogP contribution >= 0.6 is 0 Å². The van der Waals surface area contributed by atoms with Crippen molar-refractivity contribution in [3.05, 3.63) is 83.7 Å². The Balaban J connectivity index is 1.68. The van der Waals surface area contributed by atoms with Crippen LogP contribution in [0.2, 0.25) is 0 Å². The van der Waals surface area contributed by atoms with Crippen LogP contribution in [0.15, 0.2) is 66.9 Å². The Hall–Kier alpha value is -4.22. The Labute approximate surface area is 203 Å². The molecule has 8 nitrogen and oxygen atoms in total. The minimum absolute atomic E-state index is 0.0825. The van der Waals surface area contributed by atoms with Gasteiger partial charge in [-0.3, -0.25) is 9.48 Å². The summed E-state index contributed by atoms with van der Waals surface area (Å²) in [5, 5.41) is 23.3. The quantitative estimate of drug-likeness (QED) is 0.353. The average molecular weight is 498 g/mol. The monoisotopic (exact) mass is 498 g/mol. The number of aryl methyl sites for hydroxylation is 1. The molecule has 2 heterocycles. The number of amides is 1. The summed E-state index contributed by atoms with van der Waals surface area (Å²) in [5.41, 5.74) is 6.24. The summed E-state index contributed by atoms with van der Waals surface area (Å²) in [6.07, 6.45) is -4.27. The summed E-state index contributed by atoms with van der Waals surface area (Å²) >= 11 is 0. The first kappa shape index (κ1) is 24.9. The van der Waals surface area contributed by atoms with Crippen LogP contribution in [-0.4, -0.2) is 37.5 Å². The number of halogens is 3. The van der Waals surface area contributed by atoms with Crippen molar-refractivity contribution in [2.45, 2.75) is 12.3 Å². The number of alkyl halides is 3. The highest BCUT2D eigenvalue weighted by atomic mass is 19.4. The van der Waals surface area contributed by atoms with Gasteiger partial charge in [-0.2, -0.15) is 18.3 Å². The number of aliphatic hydroxyl groups is 2. The standard InChI is InChI=1S/C25H21F3N4O4/c1-32-21(8-9-30-32)18-12-16(25(26,27)28)4-7-23(18)36-17-5-2-14(3-6-17)19-10-15(22(34)13-33)11-20(31-19)24(29)35/h2-12,22,33-34H,13H2,1H3,(H2,29,35)/t22-/m1/s1. The molecule has 36 heavy (non-hydrogen) atoms. The predicted octanol–water partition coefficient (Wildman–Crippen LogP) is 4.08. The van der Waals surface area contributed by atoms with E-state index >= 15 is 0 Å². The molecule has 0 aliphatic heterocycles. The number of hydrogen-bond donors (Lipinski definition) is 3. The van der Waals surface area contributed by atoms with Crippen LogP contribution in [-0.2, 0) is 13.2 Å². The van der Waals surface area contributed by atoms with Crippen LogP contribution in [0.3, 0.4) is 0 Å². The minimum atomic E-state index is -4.53.